The van der Waals surface area contributed by atoms with E-state index >= 15 is 0 Å². The number of anilines is 1. The summed E-state index contributed by atoms with van der Waals surface area (Å²) in [6.45, 7) is 0.550. The molecule has 2 aromatic heterocycles. The van der Waals surface area contributed by atoms with Gasteiger partial charge in [-0.2, -0.15) is 15.0 Å². The first-order chi connectivity index (χ1) is 16.7. The third-order valence-corrected chi connectivity index (χ3v) is 5.35. The minimum Gasteiger partial charge on any atom is -0.352 e. The van der Waals surface area contributed by atoms with E-state index in [4.69, 9.17) is 0 Å². The number of para-hydroxylation sites is 1. The lowest BCUT2D eigenvalue weighted by molar-refractivity contribution is -0.116. The highest BCUT2D eigenvalue weighted by molar-refractivity contribution is 5.94. The summed E-state index contributed by atoms with van der Waals surface area (Å²) in [5.74, 6) is 0.528. The summed E-state index contributed by atoms with van der Waals surface area (Å²) >= 11 is 0. The first-order valence-electron chi connectivity index (χ1n) is 11.1. The second-order valence-corrected chi connectivity index (χ2v) is 7.77. The van der Waals surface area contributed by atoms with Crippen LogP contribution in [0, 0.1) is 11.3 Å². The van der Waals surface area contributed by atoms with Gasteiger partial charge >= 0.3 is 0 Å². The van der Waals surface area contributed by atoms with Crippen molar-refractivity contribution in [1.29, 1.82) is 5.26 Å². The predicted molar refractivity (Wildman–Crippen MR) is 129 cm³/mol. The SMILES string of the molecule is N#Cc1cnn(-c2ccc3ccccc3n2)c1NC(=O)CCCCCNC(=O)c1ccccc1. The molecule has 0 spiro atoms. The molecule has 4 rings (SSSR count). The van der Waals surface area contributed by atoms with Crippen LogP contribution in [0.5, 0.6) is 0 Å². The van der Waals surface area contributed by atoms with Crippen LogP contribution in [-0.2, 0) is 4.79 Å². The Morgan fingerprint density at radius 3 is 2.56 bits per heavy atom. The van der Waals surface area contributed by atoms with Gasteiger partial charge in [0.1, 0.15) is 11.6 Å². The van der Waals surface area contributed by atoms with E-state index in [2.05, 4.69) is 26.8 Å². The van der Waals surface area contributed by atoms with E-state index in [-0.39, 0.29) is 17.4 Å². The molecule has 0 fully saturated rings. The van der Waals surface area contributed by atoms with Crippen LogP contribution in [-0.4, -0.2) is 33.1 Å². The minimum atomic E-state index is -0.202. The smallest absolute Gasteiger partial charge is 0.251 e. The van der Waals surface area contributed by atoms with Crippen LogP contribution in [0.4, 0.5) is 5.82 Å². The van der Waals surface area contributed by atoms with Crippen molar-refractivity contribution in [2.45, 2.75) is 25.7 Å². The zero-order chi connectivity index (χ0) is 23.8. The van der Waals surface area contributed by atoms with Crippen molar-refractivity contribution in [3.05, 3.63) is 84.1 Å². The van der Waals surface area contributed by atoms with E-state index in [1.54, 1.807) is 18.2 Å². The summed E-state index contributed by atoms with van der Waals surface area (Å²) in [5.41, 5.74) is 1.70. The molecule has 2 N–H and O–H groups in total. The Kier molecular flexibility index (Phi) is 7.25. The number of amides is 2. The van der Waals surface area contributed by atoms with E-state index < -0.39 is 0 Å². The van der Waals surface area contributed by atoms with Gasteiger partial charge in [0, 0.05) is 23.9 Å². The molecule has 0 radical (unpaired) electrons. The number of nitriles is 1. The Labute approximate surface area is 197 Å². The third kappa shape index (κ3) is 5.45. The van der Waals surface area contributed by atoms with Crippen LogP contribution in [0.15, 0.2) is 72.9 Å². The maximum atomic E-state index is 12.5. The average molecular weight is 453 g/mol. The highest BCUT2D eigenvalue weighted by atomic mass is 16.2. The summed E-state index contributed by atoms with van der Waals surface area (Å²) in [6.07, 6.45) is 3.94. The molecule has 2 amide bonds. The minimum absolute atomic E-state index is 0.0991. The largest absolute Gasteiger partial charge is 0.352 e. The molecule has 0 aliphatic carbocycles. The Hall–Kier alpha value is -4.51. The van der Waals surface area contributed by atoms with Gasteiger partial charge in [0.05, 0.1) is 11.7 Å². The monoisotopic (exact) mass is 452 g/mol. The second kappa shape index (κ2) is 10.9. The Bertz CT molecular complexity index is 1340. The van der Waals surface area contributed by atoms with Crippen molar-refractivity contribution < 1.29 is 9.59 Å². The van der Waals surface area contributed by atoms with Crippen LogP contribution >= 0.6 is 0 Å². The summed E-state index contributed by atoms with van der Waals surface area (Å²) in [4.78, 5) is 29.2. The van der Waals surface area contributed by atoms with Crippen molar-refractivity contribution in [1.82, 2.24) is 20.1 Å². The van der Waals surface area contributed by atoms with Crippen LogP contribution < -0.4 is 10.6 Å². The standard InChI is InChI=1S/C26H24N6O2/c27-17-21-18-29-32(23-15-14-19-9-6-7-12-22(19)30-23)25(21)31-24(33)13-5-2-8-16-28-26(34)20-10-3-1-4-11-20/h1,3-4,6-7,9-12,14-15,18H,2,5,8,13,16H2,(H,28,34)(H,31,33). The van der Waals surface area contributed by atoms with Gasteiger partial charge in [0.15, 0.2) is 11.6 Å². The fraction of sp³-hybridized carbons (Fsp3) is 0.192. The number of fused-ring (bicyclic) bond motifs is 1. The molecule has 0 atom stereocenters. The van der Waals surface area contributed by atoms with E-state index in [9.17, 15) is 14.9 Å². The van der Waals surface area contributed by atoms with E-state index in [0.717, 1.165) is 23.7 Å². The number of rotatable bonds is 9. The van der Waals surface area contributed by atoms with Gasteiger partial charge in [-0.15, -0.1) is 0 Å². The quantitative estimate of drug-likeness (QED) is 0.369. The lowest BCUT2D eigenvalue weighted by Crippen LogP contribution is -2.24. The fourth-order valence-corrected chi connectivity index (χ4v) is 3.57. The molecular formula is C26H24N6O2. The number of aromatic nitrogens is 3. The summed E-state index contributed by atoms with van der Waals surface area (Å²) in [5, 5.41) is 20.4. The van der Waals surface area contributed by atoms with Crippen molar-refractivity contribution in [2.24, 2.45) is 0 Å². The number of carbonyl (C=O) groups is 2. The zero-order valence-corrected chi connectivity index (χ0v) is 18.6. The van der Waals surface area contributed by atoms with Gasteiger partial charge in [0.25, 0.3) is 5.91 Å². The van der Waals surface area contributed by atoms with Crippen molar-refractivity contribution in [2.75, 3.05) is 11.9 Å². The van der Waals surface area contributed by atoms with Crippen LogP contribution in [0.2, 0.25) is 0 Å². The number of benzene rings is 2. The second-order valence-electron chi connectivity index (χ2n) is 7.77. The number of nitrogens with one attached hydrogen (secondary N) is 2. The van der Waals surface area contributed by atoms with Crippen molar-refractivity contribution in [3.63, 3.8) is 0 Å². The number of unbranched alkanes of at least 4 members (excludes halogenated alkanes) is 2. The highest BCUT2D eigenvalue weighted by Gasteiger charge is 2.16. The number of pyridine rings is 1. The summed E-state index contributed by atoms with van der Waals surface area (Å²) in [6, 6.07) is 22.6. The van der Waals surface area contributed by atoms with E-state index in [1.807, 2.05) is 48.5 Å². The lowest BCUT2D eigenvalue weighted by atomic mass is 10.1. The molecule has 8 nitrogen and oxygen atoms in total. The zero-order valence-electron chi connectivity index (χ0n) is 18.6. The highest BCUT2D eigenvalue weighted by Crippen LogP contribution is 2.21. The molecule has 0 saturated carbocycles. The number of carbonyl (C=O) groups excluding carboxylic acids is 2. The third-order valence-electron chi connectivity index (χ3n) is 5.35. The maximum Gasteiger partial charge on any atom is 0.251 e. The summed E-state index contributed by atoms with van der Waals surface area (Å²) < 4.78 is 1.47. The van der Waals surface area contributed by atoms with Gasteiger partial charge in [-0.3, -0.25) is 9.59 Å². The Morgan fingerprint density at radius 1 is 0.941 bits per heavy atom. The molecular weight excluding hydrogens is 428 g/mol. The number of hydrogen-bond donors (Lipinski definition) is 2. The van der Waals surface area contributed by atoms with Crippen molar-refractivity contribution >= 4 is 28.5 Å². The lowest BCUT2D eigenvalue weighted by Gasteiger charge is -2.10. The molecule has 0 aliphatic rings. The molecule has 170 valence electrons. The summed E-state index contributed by atoms with van der Waals surface area (Å²) in [7, 11) is 0. The Morgan fingerprint density at radius 2 is 1.74 bits per heavy atom. The number of nitrogens with zero attached hydrogens (tertiary/aromatic N) is 4. The van der Waals surface area contributed by atoms with Crippen molar-refractivity contribution in [3.8, 4) is 11.9 Å². The average Bonchev–Trinajstić information content (AvgIpc) is 3.28. The molecule has 2 aromatic carbocycles. The van der Waals surface area contributed by atoms with Crippen LogP contribution in [0.1, 0.15) is 41.6 Å². The normalized spacial score (nSPS) is 10.6. The maximum absolute atomic E-state index is 12.5. The first-order valence-corrected chi connectivity index (χ1v) is 11.1. The van der Waals surface area contributed by atoms with Crippen LogP contribution in [0.25, 0.3) is 16.7 Å². The van der Waals surface area contributed by atoms with E-state index in [0.29, 0.717) is 36.6 Å². The molecule has 34 heavy (non-hydrogen) atoms. The molecule has 0 bridgehead atoms. The first kappa shape index (κ1) is 22.7. The van der Waals surface area contributed by atoms with Gasteiger partial charge in [0.2, 0.25) is 5.91 Å². The molecule has 4 aromatic rings. The fourth-order valence-electron chi connectivity index (χ4n) is 3.57. The predicted octanol–water partition coefficient (Wildman–Crippen LogP) is 4.22. The molecule has 0 saturated heterocycles. The molecule has 8 heteroatoms. The topological polar surface area (TPSA) is 113 Å². The Balaban J connectivity index is 1.29. The molecule has 0 unspecified atom stereocenters. The molecule has 2 heterocycles. The van der Waals surface area contributed by atoms with Gasteiger partial charge in [-0.1, -0.05) is 42.8 Å². The van der Waals surface area contributed by atoms with Gasteiger partial charge in [-0.05, 0) is 43.2 Å². The number of hydrogen-bond acceptors (Lipinski definition) is 5. The van der Waals surface area contributed by atoms with Gasteiger partial charge < -0.3 is 10.6 Å². The van der Waals surface area contributed by atoms with Crippen LogP contribution in [0.3, 0.4) is 0 Å². The van der Waals surface area contributed by atoms with E-state index in [1.165, 1.54) is 10.9 Å². The van der Waals surface area contributed by atoms with Gasteiger partial charge in [-0.25, -0.2) is 4.98 Å². The molecule has 0 aliphatic heterocycles.